The van der Waals surface area contributed by atoms with E-state index in [-0.39, 0.29) is 11.4 Å². The van der Waals surface area contributed by atoms with E-state index >= 15 is 0 Å². The fourth-order valence-corrected chi connectivity index (χ4v) is 2.57. The maximum atomic E-state index is 11.7. The molecule has 1 atom stereocenters. The van der Waals surface area contributed by atoms with Crippen LogP contribution in [0.15, 0.2) is 11.1 Å². The van der Waals surface area contributed by atoms with Gasteiger partial charge in [0.05, 0.1) is 7.11 Å². The van der Waals surface area contributed by atoms with Crippen molar-refractivity contribution in [1.29, 1.82) is 0 Å². The second-order valence-corrected chi connectivity index (χ2v) is 4.32. The van der Waals surface area contributed by atoms with E-state index in [4.69, 9.17) is 4.74 Å². The predicted molar refractivity (Wildman–Crippen MR) is 57.0 cm³/mol. The summed E-state index contributed by atoms with van der Waals surface area (Å²) in [6, 6.07) is 0. The zero-order chi connectivity index (χ0) is 12.6. The van der Waals surface area contributed by atoms with Crippen LogP contribution in [0.1, 0.15) is 32.6 Å². The molecule has 0 spiro atoms. The Balaban J connectivity index is 2.54. The molecule has 0 radical (unpaired) electrons. The van der Waals surface area contributed by atoms with Gasteiger partial charge in [-0.05, 0) is 32.6 Å². The SMILES string of the molecule is COC(=O)C1=C2CCCCC2(C(C)=O)OC1=O. The highest BCUT2D eigenvalue weighted by Crippen LogP contribution is 2.44. The lowest BCUT2D eigenvalue weighted by Gasteiger charge is -2.31. The lowest BCUT2D eigenvalue weighted by atomic mass is 9.77. The minimum atomic E-state index is -1.20. The van der Waals surface area contributed by atoms with Crippen molar-refractivity contribution in [3.05, 3.63) is 11.1 Å². The summed E-state index contributed by atoms with van der Waals surface area (Å²) in [4.78, 5) is 35.0. The van der Waals surface area contributed by atoms with Crippen LogP contribution < -0.4 is 0 Å². The Morgan fingerprint density at radius 2 is 2.06 bits per heavy atom. The van der Waals surface area contributed by atoms with Crippen LogP contribution in [0.4, 0.5) is 0 Å². The van der Waals surface area contributed by atoms with E-state index in [0.29, 0.717) is 18.4 Å². The summed E-state index contributed by atoms with van der Waals surface area (Å²) < 4.78 is 9.76. The molecule has 17 heavy (non-hydrogen) atoms. The number of methoxy groups -OCH3 is 1. The lowest BCUT2D eigenvalue weighted by molar-refractivity contribution is -0.157. The molecule has 1 unspecified atom stereocenters. The van der Waals surface area contributed by atoms with Crippen molar-refractivity contribution in [2.24, 2.45) is 0 Å². The van der Waals surface area contributed by atoms with Crippen LogP contribution in [0.5, 0.6) is 0 Å². The molecular formula is C12H14O5. The van der Waals surface area contributed by atoms with Crippen molar-refractivity contribution in [2.75, 3.05) is 7.11 Å². The zero-order valence-electron chi connectivity index (χ0n) is 9.87. The van der Waals surface area contributed by atoms with Crippen LogP contribution in [0.2, 0.25) is 0 Å². The third-order valence-electron chi connectivity index (χ3n) is 3.42. The minimum absolute atomic E-state index is 0.0811. The first-order chi connectivity index (χ1) is 8.03. The quantitative estimate of drug-likeness (QED) is 0.528. The average Bonchev–Trinajstić information content (AvgIpc) is 2.61. The molecule has 1 aliphatic carbocycles. The van der Waals surface area contributed by atoms with Crippen LogP contribution >= 0.6 is 0 Å². The summed E-state index contributed by atoms with van der Waals surface area (Å²) in [7, 11) is 1.21. The predicted octanol–water partition coefficient (Wildman–Crippen LogP) is 0.915. The fraction of sp³-hybridized carbons (Fsp3) is 0.583. The molecule has 5 nitrogen and oxygen atoms in total. The maximum Gasteiger partial charge on any atom is 0.347 e. The first kappa shape index (κ1) is 11.8. The van der Waals surface area contributed by atoms with E-state index in [0.717, 1.165) is 12.8 Å². The fourth-order valence-electron chi connectivity index (χ4n) is 2.57. The van der Waals surface area contributed by atoms with Crippen LogP contribution in [-0.4, -0.2) is 30.4 Å². The molecule has 5 heteroatoms. The molecule has 92 valence electrons. The van der Waals surface area contributed by atoms with Gasteiger partial charge in [0.15, 0.2) is 11.4 Å². The van der Waals surface area contributed by atoms with Crippen molar-refractivity contribution in [3.63, 3.8) is 0 Å². The summed E-state index contributed by atoms with van der Waals surface area (Å²) in [6.07, 6.45) is 2.66. The summed E-state index contributed by atoms with van der Waals surface area (Å²) in [5.41, 5.74) is -0.769. The number of ether oxygens (including phenoxy) is 2. The number of ketones is 1. The molecule has 2 aliphatic rings. The number of Topliss-reactive ketones (excluding diaryl/α,β-unsaturated/α-hetero) is 1. The molecule has 0 saturated heterocycles. The van der Waals surface area contributed by atoms with Gasteiger partial charge in [-0.25, -0.2) is 9.59 Å². The molecule has 1 saturated carbocycles. The summed E-state index contributed by atoms with van der Waals surface area (Å²) in [6.45, 7) is 1.39. The highest BCUT2D eigenvalue weighted by molar-refractivity contribution is 6.19. The Morgan fingerprint density at radius 3 is 2.65 bits per heavy atom. The van der Waals surface area contributed by atoms with Crippen LogP contribution in [-0.2, 0) is 23.9 Å². The third-order valence-corrected chi connectivity index (χ3v) is 3.42. The highest BCUT2D eigenvalue weighted by Gasteiger charge is 2.53. The maximum absolute atomic E-state index is 11.7. The standard InChI is InChI=1S/C12H14O5/c1-7(13)12-6-4-3-5-8(12)9(10(14)16-2)11(15)17-12/h3-6H2,1-2H3. The van der Waals surface area contributed by atoms with Gasteiger partial charge in [0.25, 0.3) is 0 Å². The number of hydrogen-bond acceptors (Lipinski definition) is 5. The van der Waals surface area contributed by atoms with Gasteiger partial charge in [-0.15, -0.1) is 0 Å². The van der Waals surface area contributed by atoms with Crippen molar-refractivity contribution in [1.82, 2.24) is 0 Å². The highest BCUT2D eigenvalue weighted by atomic mass is 16.6. The van der Waals surface area contributed by atoms with E-state index in [2.05, 4.69) is 4.74 Å². The van der Waals surface area contributed by atoms with Crippen molar-refractivity contribution in [3.8, 4) is 0 Å². The smallest absolute Gasteiger partial charge is 0.347 e. The number of carbonyl (C=O) groups is 3. The van der Waals surface area contributed by atoms with E-state index in [1.54, 1.807) is 0 Å². The molecule has 2 rings (SSSR count). The lowest BCUT2D eigenvalue weighted by Crippen LogP contribution is -2.41. The van der Waals surface area contributed by atoms with E-state index in [1.807, 2.05) is 0 Å². The summed E-state index contributed by atoms with van der Waals surface area (Å²) in [5, 5.41) is 0. The van der Waals surface area contributed by atoms with E-state index < -0.39 is 17.5 Å². The van der Waals surface area contributed by atoms with Crippen molar-refractivity contribution in [2.45, 2.75) is 38.2 Å². The normalized spacial score (nSPS) is 27.5. The van der Waals surface area contributed by atoms with Gasteiger partial charge in [0, 0.05) is 5.57 Å². The Kier molecular flexibility index (Phi) is 2.77. The molecule has 0 bridgehead atoms. The van der Waals surface area contributed by atoms with Gasteiger partial charge in [-0.1, -0.05) is 0 Å². The molecule has 1 aliphatic heterocycles. The Labute approximate surface area is 98.8 Å². The van der Waals surface area contributed by atoms with Gasteiger partial charge in [-0.2, -0.15) is 0 Å². The molecule has 0 aromatic heterocycles. The van der Waals surface area contributed by atoms with Crippen LogP contribution in [0.3, 0.4) is 0 Å². The second-order valence-electron chi connectivity index (χ2n) is 4.32. The Bertz CT molecular complexity index is 434. The minimum Gasteiger partial charge on any atom is -0.465 e. The molecule has 0 aromatic carbocycles. The molecular weight excluding hydrogens is 224 g/mol. The number of hydrogen-bond donors (Lipinski definition) is 0. The van der Waals surface area contributed by atoms with E-state index in [1.165, 1.54) is 14.0 Å². The van der Waals surface area contributed by atoms with Gasteiger partial charge in [-0.3, -0.25) is 4.79 Å². The molecule has 1 heterocycles. The number of rotatable bonds is 2. The van der Waals surface area contributed by atoms with Crippen molar-refractivity contribution >= 4 is 17.7 Å². The third kappa shape index (κ3) is 1.57. The monoisotopic (exact) mass is 238 g/mol. The number of carbonyl (C=O) groups excluding carboxylic acids is 3. The first-order valence-corrected chi connectivity index (χ1v) is 5.59. The Hall–Kier alpha value is -1.65. The first-order valence-electron chi connectivity index (χ1n) is 5.59. The van der Waals surface area contributed by atoms with E-state index in [9.17, 15) is 14.4 Å². The summed E-state index contributed by atoms with van der Waals surface area (Å²) >= 11 is 0. The zero-order valence-corrected chi connectivity index (χ0v) is 9.87. The number of esters is 2. The van der Waals surface area contributed by atoms with Gasteiger partial charge in [0.2, 0.25) is 0 Å². The molecule has 0 amide bonds. The molecule has 0 aromatic rings. The van der Waals surface area contributed by atoms with Crippen LogP contribution in [0.25, 0.3) is 0 Å². The molecule has 0 N–H and O–H groups in total. The van der Waals surface area contributed by atoms with Crippen molar-refractivity contribution < 1.29 is 23.9 Å². The summed E-state index contributed by atoms with van der Waals surface area (Å²) in [5.74, 6) is -1.67. The number of fused-ring (bicyclic) bond motifs is 1. The van der Waals surface area contributed by atoms with Gasteiger partial charge < -0.3 is 9.47 Å². The van der Waals surface area contributed by atoms with Gasteiger partial charge >= 0.3 is 11.9 Å². The average molecular weight is 238 g/mol. The topological polar surface area (TPSA) is 69.7 Å². The van der Waals surface area contributed by atoms with Gasteiger partial charge in [0.1, 0.15) is 5.57 Å². The van der Waals surface area contributed by atoms with Crippen LogP contribution in [0, 0.1) is 0 Å². The largest absolute Gasteiger partial charge is 0.465 e. The Morgan fingerprint density at radius 1 is 1.35 bits per heavy atom. The molecule has 1 fully saturated rings. The second kappa shape index (κ2) is 3.98.